The standard InChI is InChI=1S/C16H19N3O2/c1-2-19(11-14-6-4-3-5-13(14)10-17)16(21)12-7-8-18-15(20)9-12/h3-9H,2,10-11,17H2,1H3,(H,18,20). The number of nitrogens with zero attached hydrogens (tertiary/aromatic N) is 1. The zero-order chi connectivity index (χ0) is 15.2. The summed E-state index contributed by atoms with van der Waals surface area (Å²) in [5.41, 5.74) is 7.89. The number of nitrogens with two attached hydrogens (primary N) is 1. The minimum atomic E-state index is -0.278. The second-order valence-corrected chi connectivity index (χ2v) is 4.73. The van der Waals surface area contributed by atoms with E-state index >= 15 is 0 Å². The third-order valence-corrected chi connectivity index (χ3v) is 3.39. The molecule has 0 radical (unpaired) electrons. The van der Waals surface area contributed by atoms with Crippen LogP contribution in [0.3, 0.4) is 0 Å². The van der Waals surface area contributed by atoms with E-state index in [2.05, 4.69) is 4.98 Å². The van der Waals surface area contributed by atoms with Crippen LogP contribution in [-0.2, 0) is 13.1 Å². The van der Waals surface area contributed by atoms with Gasteiger partial charge in [0.15, 0.2) is 0 Å². The SMILES string of the molecule is CCN(Cc1ccccc1CN)C(=O)c1cc[nH]c(=O)c1. The lowest BCUT2D eigenvalue weighted by atomic mass is 10.1. The van der Waals surface area contributed by atoms with Crippen LogP contribution in [0.4, 0.5) is 0 Å². The van der Waals surface area contributed by atoms with Gasteiger partial charge in [-0.05, 0) is 24.1 Å². The largest absolute Gasteiger partial charge is 0.335 e. The van der Waals surface area contributed by atoms with Crippen LogP contribution in [0.15, 0.2) is 47.4 Å². The highest BCUT2D eigenvalue weighted by molar-refractivity contribution is 5.94. The van der Waals surface area contributed by atoms with Crippen molar-refractivity contribution in [2.75, 3.05) is 6.54 Å². The van der Waals surface area contributed by atoms with Crippen LogP contribution in [-0.4, -0.2) is 22.3 Å². The van der Waals surface area contributed by atoms with Crippen LogP contribution in [0.1, 0.15) is 28.4 Å². The number of aromatic amines is 1. The monoisotopic (exact) mass is 285 g/mol. The summed E-state index contributed by atoms with van der Waals surface area (Å²) in [5.74, 6) is -0.157. The molecule has 1 amide bonds. The number of amides is 1. The summed E-state index contributed by atoms with van der Waals surface area (Å²) in [6.07, 6.45) is 1.48. The molecule has 1 aromatic heterocycles. The maximum Gasteiger partial charge on any atom is 0.254 e. The smallest absolute Gasteiger partial charge is 0.254 e. The minimum Gasteiger partial charge on any atom is -0.335 e. The van der Waals surface area contributed by atoms with Gasteiger partial charge >= 0.3 is 0 Å². The topological polar surface area (TPSA) is 79.2 Å². The fraction of sp³-hybridized carbons (Fsp3) is 0.250. The van der Waals surface area contributed by atoms with Crippen molar-refractivity contribution >= 4 is 5.91 Å². The summed E-state index contributed by atoms with van der Waals surface area (Å²) >= 11 is 0. The average Bonchev–Trinajstić information content (AvgIpc) is 2.52. The molecule has 1 heterocycles. The molecule has 21 heavy (non-hydrogen) atoms. The van der Waals surface area contributed by atoms with E-state index in [-0.39, 0.29) is 11.5 Å². The molecule has 0 aliphatic carbocycles. The number of H-pyrrole nitrogens is 1. The van der Waals surface area contributed by atoms with Crippen LogP contribution >= 0.6 is 0 Å². The maximum absolute atomic E-state index is 12.5. The first-order valence-electron chi connectivity index (χ1n) is 6.90. The van der Waals surface area contributed by atoms with Crippen molar-refractivity contribution in [3.8, 4) is 0 Å². The Morgan fingerprint density at radius 3 is 2.57 bits per heavy atom. The molecule has 3 N–H and O–H groups in total. The molecule has 2 aromatic rings. The van der Waals surface area contributed by atoms with Gasteiger partial charge in [-0.2, -0.15) is 0 Å². The Kier molecular flexibility index (Phi) is 4.90. The summed E-state index contributed by atoms with van der Waals surface area (Å²) in [5, 5.41) is 0. The van der Waals surface area contributed by atoms with Crippen molar-refractivity contribution in [1.82, 2.24) is 9.88 Å². The highest BCUT2D eigenvalue weighted by Crippen LogP contribution is 2.13. The van der Waals surface area contributed by atoms with Gasteiger partial charge in [0.25, 0.3) is 5.91 Å². The van der Waals surface area contributed by atoms with E-state index in [0.29, 0.717) is 25.2 Å². The Balaban J connectivity index is 2.24. The van der Waals surface area contributed by atoms with Crippen LogP contribution < -0.4 is 11.3 Å². The number of nitrogens with one attached hydrogen (secondary N) is 1. The van der Waals surface area contributed by atoms with Gasteiger partial charge in [-0.1, -0.05) is 24.3 Å². The number of carbonyl (C=O) groups excluding carboxylic acids is 1. The first kappa shape index (κ1) is 15.0. The van der Waals surface area contributed by atoms with Gasteiger partial charge in [-0.3, -0.25) is 9.59 Å². The second-order valence-electron chi connectivity index (χ2n) is 4.73. The van der Waals surface area contributed by atoms with Gasteiger partial charge in [0.2, 0.25) is 5.56 Å². The molecule has 0 saturated carbocycles. The summed E-state index contributed by atoms with van der Waals surface area (Å²) in [6.45, 7) is 3.39. The fourth-order valence-corrected chi connectivity index (χ4v) is 2.20. The molecule has 0 aliphatic heterocycles. The van der Waals surface area contributed by atoms with Gasteiger partial charge in [-0.15, -0.1) is 0 Å². The first-order chi connectivity index (χ1) is 10.2. The van der Waals surface area contributed by atoms with Crippen LogP contribution in [0.2, 0.25) is 0 Å². The van der Waals surface area contributed by atoms with Crippen molar-refractivity contribution in [3.63, 3.8) is 0 Å². The number of hydrogen-bond donors (Lipinski definition) is 2. The second kappa shape index (κ2) is 6.85. The van der Waals surface area contributed by atoms with E-state index in [4.69, 9.17) is 5.73 Å². The molecular weight excluding hydrogens is 266 g/mol. The number of hydrogen-bond acceptors (Lipinski definition) is 3. The van der Waals surface area contributed by atoms with Gasteiger partial charge in [0.1, 0.15) is 0 Å². The van der Waals surface area contributed by atoms with Crippen molar-refractivity contribution in [3.05, 3.63) is 69.6 Å². The zero-order valence-corrected chi connectivity index (χ0v) is 12.0. The van der Waals surface area contributed by atoms with E-state index in [1.165, 1.54) is 12.3 Å². The fourth-order valence-electron chi connectivity index (χ4n) is 2.20. The highest BCUT2D eigenvalue weighted by Gasteiger charge is 2.15. The molecule has 0 atom stereocenters. The molecule has 2 rings (SSSR count). The normalized spacial score (nSPS) is 10.4. The predicted octanol–water partition coefficient (Wildman–Crippen LogP) is 1.50. The molecule has 5 heteroatoms. The van der Waals surface area contributed by atoms with E-state index < -0.39 is 0 Å². The molecule has 1 aromatic carbocycles. The Labute approximate surface area is 123 Å². The van der Waals surface area contributed by atoms with Crippen molar-refractivity contribution in [2.24, 2.45) is 5.73 Å². The minimum absolute atomic E-state index is 0.157. The number of carbonyl (C=O) groups is 1. The molecule has 110 valence electrons. The van der Waals surface area contributed by atoms with Crippen molar-refractivity contribution in [1.29, 1.82) is 0 Å². The van der Waals surface area contributed by atoms with Gasteiger partial charge < -0.3 is 15.6 Å². The Morgan fingerprint density at radius 2 is 1.95 bits per heavy atom. The Hall–Kier alpha value is -2.40. The predicted molar refractivity (Wildman–Crippen MR) is 81.8 cm³/mol. The average molecular weight is 285 g/mol. The lowest BCUT2D eigenvalue weighted by Gasteiger charge is -2.22. The van der Waals surface area contributed by atoms with Gasteiger partial charge in [0.05, 0.1) is 0 Å². The lowest BCUT2D eigenvalue weighted by Crippen LogP contribution is -2.31. The van der Waals surface area contributed by atoms with Crippen molar-refractivity contribution in [2.45, 2.75) is 20.0 Å². The van der Waals surface area contributed by atoms with E-state index in [9.17, 15) is 9.59 Å². The van der Waals surface area contributed by atoms with Crippen LogP contribution in [0.25, 0.3) is 0 Å². The third kappa shape index (κ3) is 3.58. The molecule has 0 bridgehead atoms. The Morgan fingerprint density at radius 1 is 1.24 bits per heavy atom. The van der Waals surface area contributed by atoms with Crippen LogP contribution in [0, 0.1) is 0 Å². The molecule has 0 unspecified atom stereocenters. The lowest BCUT2D eigenvalue weighted by molar-refractivity contribution is 0.0752. The third-order valence-electron chi connectivity index (χ3n) is 3.39. The molecule has 0 aliphatic rings. The molecule has 0 fully saturated rings. The number of benzene rings is 1. The van der Waals surface area contributed by atoms with Crippen molar-refractivity contribution < 1.29 is 4.79 Å². The molecule has 0 spiro atoms. The summed E-state index contributed by atoms with van der Waals surface area (Å²) < 4.78 is 0. The maximum atomic E-state index is 12.5. The van der Waals surface area contributed by atoms with Crippen LogP contribution in [0.5, 0.6) is 0 Å². The number of rotatable bonds is 5. The van der Waals surface area contributed by atoms with Gasteiger partial charge in [-0.25, -0.2) is 0 Å². The van der Waals surface area contributed by atoms with E-state index in [1.54, 1.807) is 11.0 Å². The Bertz CT molecular complexity index is 679. The number of aromatic nitrogens is 1. The first-order valence-corrected chi connectivity index (χ1v) is 6.90. The molecular formula is C16H19N3O2. The summed E-state index contributed by atoms with van der Waals surface area (Å²) in [4.78, 5) is 28.0. The number of pyridine rings is 1. The summed E-state index contributed by atoms with van der Waals surface area (Å²) in [7, 11) is 0. The zero-order valence-electron chi connectivity index (χ0n) is 12.0. The van der Waals surface area contributed by atoms with E-state index in [0.717, 1.165) is 11.1 Å². The quantitative estimate of drug-likeness (QED) is 0.873. The molecule has 5 nitrogen and oxygen atoms in total. The summed E-state index contributed by atoms with van der Waals surface area (Å²) in [6, 6.07) is 10.7. The molecule has 0 saturated heterocycles. The van der Waals surface area contributed by atoms with E-state index in [1.807, 2.05) is 31.2 Å². The highest BCUT2D eigenvalue weighted by atomic mass is 16.2. The van der Waals surface area contributed by atoms with Gasteiger partial charge in [0, 0.05) is 37.5 Å².